The normalized spacial score (nSPS) is 11.9. The first-order valence-electron chi connectivity index (χ1n) is 4.79. The maximum absolute atomic E-state index is 10.7. The fourth-order valence-electron chi connectivity index (χ4n) is 1.34. The van der Waals surface area contributed by atoms with Crippen molar-refractivity contribution < 1.29 is 23.4 Å². The van der Waals surface area contributed by atoms with Crippen LogP contribution in [0.2, 0.25) is 0 Å². The lowest BCUT2D eigenvalue weighted by Gasteiger charge is -2.10. The molecular weight excluding hydrogens is 246 g/mol. The Morgan fingerprint density at radius 3 is 2.76 bits per heavy atom. The zero-order chi connectivity index (χ0) is 12.8. The van der Waals surface area contributed by atoms with Gasteiger partial charge in [-0.1, -0.05) is 6.07 Å². The molecule has 0 radical (unpaired) electrons. The Bertz CT molecular complexity index is 435. The lowest BCUT2D eigenvalue weighted by atomic mass is 10.1. The van der Waals surface area contributed by atoms with Gasteiger partial charge < -0.3 is 9.84 Å². The van der Waals surface area contributed by atoms with Crippen LogP contribution in [-0.4, -0.2) is 26.9 Å². The maximum Gasteiger partial charge on any atom is 0.303 e. The van der Waals surface area contributed by atoms with Gasteiger partial charge in [-0.05, 0) is 24.1 Å². The highest BCUT2D eigenvalue weighted by Gasteiger charge is 2.07. The van der Waals surface area contributed by atoms with Crippen molar-refractivity contribution in [3.63, 3.8) is 0 Å². The fraction of sp³-hybridized carbons (Fsp3) is 0.300. The van der Waals surface area contributed by atoms with Crippen molar-refractivity contribution >= 4 is 22.9 Å². The Kier molecular flexibility index (Phi) is 4.92. The van der Waals surface area contributed by atoms with Gasteiger partial charge in [0, 0.05) is 6.42 Å². The second kappa shape index (κ2) is 6.21. The van der Waals surface area contributed by atoms with Crippen LogP contribution in [0, 0.1) is 0 Å². The summed E-state index contributed by atoms with van der Waals surface area (Å²) in [6.07, 6.45) is 0.361. The highest BCUT2D eigenvalue weighted by molar-refractivity contribution is 7.80. The standard InChI is InChI=1S/C10H13NO5S/c1-16-9-4-2-7(3-5-10(12)13)6-8(9)11-17(14)15/h2,4,6,11H,3,5H2,1H3,(H,12,13)(H,14,15). The lowest BCUT2D eigenvalue weighted by molar-refractivity contribution is -0.136. The first-order valence-corrected chi connectivity index (χ1v) is 5.90. The van der Waals surface area contributed by atoms with E-state index in [9.17, 15) is 9.00 Å². The number of ether oxygens (including phenoxy) is 1. The molecule has 1 rings (SSSR count). The minimum atomic E-state index is -2.20. The van der Waals surface area contributed by atoms with Gasteiger partial charge in [0.05, 0.1) is 12.8 Å². The van der Waals surface area contributed by atoms with E-state index >= 15 is 0 Å². The molecule has 0 spiro atoms. The molecule has 0 aliphatic carbocycles. The Hall–Kier alpha value is -1.60. The minimum Gasteiger partial charge on any atom is -0.495 e. The quantitative estimate of drug-likeness (QED) is 0.668. The van der Waals surface area contributed by atoms with E-state index in [2.05, 4.69) is 4.72 Å². The van der Waals surface area contributed by atoms with E-state index in [1.165, 1.54) is 7.11 Å². The molecule has 6 nitrogen and oxygen atoms in total. The predicted octanol–water partition coefficient (Wildman–Crippen LogP) is 1.26. The first-order chi connectivity index (χ1) is 8.02. The molecule has 3 N–H and O–H groups in total. The lowest BCUT2D eigenvalue weighted by Crippen LogP contribution is -2.05. The van der Waals surface area contributed by atoms with E-state index in [1.54, 1.807) is 18.2 Å². The van der Waals surface area contributed by atoms with Crippen LogP contribution in [0.15, 0.2) is 18.2 Å². The molecule has 94 valence electrons. The second-order valence-electron chi connectivity index (χ2n) is 3.28. The molecule has 1 atom stereocenters. The Morgan fingerprint density at radius 2 is 2.24 bits per heavy atom. The average Bonchev–Trinajstić information content (AvgIpc) is 2.25. The number of aryl methyl sites for hydroxylation is 1. The molecular formula is C10H13NO5S. The predicted molar refractivity (Wildman–Crippen MR) is 63.3 cm³/mol. The van der Waals surface area contributed by atoms with Crippen molar-refractivity contribution in [2.24, 2.45) is 0 Å². The van der Waals surface area contributed by atoms with Crippen LogP contribution in [0.25, 0.3) is 0 Å². The molecule has 1 unspecified atom stereocenters. The van der Waals surface area contributed by atoms with Gasteiger partial charge in [0.15, 0.2) is 0 Å². The van der Waals surface area contributed by atoms with E-state index in [0.717, 1.165) is 5.56 Å². The van der Waals surface area contributed by atoms with Gasteiger partial charge in [0.25, 0.3) is 11.3 Å². The van der Waals surface area contributed by atoms with E-state index in [0.29, 0.717) is 17.9 Å². The molecule has 0 aliphatic rings. The number of hydrogen-bond acceptors (Lipinski definition) is 3. The van der Waals surface area contributed by atoms with Gasteiger partial charge in [-0.25, -0.2) is 4.21 Å². The van der Waals surface area contributed by atoms with Crippen LogP contribution >= 0.6 is 0 Å². The highest BCUT2D eigenvalue weighted by atomic mass is 32.2. The number of carboxylic acid groups (broad SMARTS) is 1. The van der Waals surface area contributed by atoms with Gasteiger partial charge in [-0.2, -0.15) is 0 Å². The number of carboxylic acids is 1. The van der Waals surface area contributed by atoms with Gasteiger partial charge in [0.2, 0.25) is 0 Å². The summed E-state index contributed by atoms with van der Waals surface area (Å²) in [7, 11) is 1.44. The van der Waals surface area contributed by atoms with Crippen LogP contribution < -0.4 is 9.46 Å². The van der Waals surface area contributed by atoms with Gasteiger partial charge in [-0.3, -0.25) is 14.1 Å². The Labute approximate surface area is 101 Å². The van der Waals surface area contributed by atoms with E-state index in [4.69, 9.17) is 14.4 Å². The number of hydrogen-bond donors (Lipinski definition) is 3. The van der Waals surface area contributed by atoms with Gasteiger partial charge in [0.1, 0.15) is 5.75 Å². The third-order valence-electron chi connectivity index (χ3n) is 2.09. The monoisotopic (exact) mass is 259 g/mol. The number of methoxy groups -OCH3 is 1. The summed E-state index contributed by atoms with van der Waals surface area (Å²) in [5, 5.41) is 8.56. The summed E-state index contributed by atoms with van der Waals surface area (Å²) < 4.78 is 26.7. The number of anilines is 1. The van der Waals surface area contributed by atoms with Crippen LogP contribution in [0.5, 0.6) is 5.75 Å². The van der Waals surface area contributed by atoms with Crippen molar-refractivity contribution in [1.29, 1.82) is 0 Å². The van der Waals surface area contributed by atoms with Crippen molar-refractivity contribution in [2.45, 2.75) is 12.8 Å². The van der Waals surface area contributed by atoms with Crippen molar-refractivity contribution in [1.82, 2.24) is 0 Å². The third-order valence-corrected chi connectivity index (χ3v) is 2.48. The summed E-state index contributed by atoms with van der Waals surface area (Å²) in [5.74, 6) is -0.465. The molecule has 0 bridgehead atoms. The van der Waals surface area contributed by atoms with E-state index < -0.39 is 17.2 Å². The SMILES string of the molecule is COc1ccc(CCC(=O)O)cc1NS(=O)O. The van der Waals surface area contributed by atoms with Crippen LogP contribution in [-0.2, 0) is 22.5 Å². The van der Waals surface area contributed by atoms with E-state index in [1.807, 2.05) is 0 Å². The Balaban J connectivity index is 2.87. The number of benzene rings is 1. The topological polar surface area (TPSA) is 95.9 Å². The van der Waals surface area contributed by atoms with Crippen molar-refractivity contribution in [2.75, 3.05) is 11.8 Å². The number of nitrogens with one attached hydrogen (secondary N) is 1. The maximum atomic E-state index is 10.7. The summed E-state index contributed by atoms with van der Waals surface area (Å²) >= 11 is -2.20. The zero-order valence-electron chi connectivity index (χ0n) is 9.17. The summed E-state index contributed by atoms with van der Waals surface area (Å²) in [6.45, 7) is 0. The zero-order valence-corrected chi connectivity index (χ0v) is 9.99. The molecule has 1 aromatic carbocycles. The molecule has 0 aliphatic heterocycles. The molecule has 0 fully saturated rings. The minimum absolute atomic E-state index is 0.00792. The molecule has 0 aromatic heterocycles. The largest absolute Gasteiger partial charge is 0.495 e. The summed E-state index contributed by atoms with van der Waals surface area (Å²) in [6, 6.07) is 4.93. The first kappa shape index (κ1) is 13.5. The van der Waals surface area contributed by atoms with Crippen molar-refractivity contribution in [3.05, 3.63) is 23.8 Å². The van der Waals surface area contributed by atoms with Crippen LogP contribution in [0.4, 0.5) is 5.69 Å². The molecule has 17 heavy (non-hydrogen) atoms. The van der Waals surface area contributed by atoms with E-state index in [-0.39, 0.29) is 6.42 Å². The number of aliphatic carboxylic acids is 1. The molecule has 7 heteroatoms. The number of rotatable bonds is 6. The summed E-state index contributed by atoms with van der Waals surface area (Å²) in [5.41, 5.74) is 1.11. The second-order valence-corrected chi connectivity index (χ2v) is 3.98. The Morgan fingerprint density at radius 1 is 1.53 bits per heavy atom. The molecule has 0 saturated carbocycles. The molecule has 0 heterocycles. The molecule has 0 saturated heterocycles. The van der Waals surface area contributed by atoms with Gasteiger partial charge in [-0.15, -0.1) is 0 Å². The third kappa shape index (κ3) is 4.41. The molecule has 1 aromatic rings. The van der Waals surface area contributed by atoms with Crippen molar-refractivity contribution in [3.8, 4) is 5.75 Å². The molecule has 0 amide bonds. The average molecular weight is 259 g/mol. The highest BCUT2D eigenvalue weighted by Crippen LogP contribution is 2.26. The van der Waals surface area contributed by atoms with Crippen LogP contribution in [0.1, 0.15) is 12.0 Å². The number of carbonyl (C=O) groups is 1. The van der Waals surface area contributed by atoms with Crippen LogP contribution in [0.3, 0.4) is 0 Å². The van der Waals surface area contributed by atoms with Gasteiger partial charge >= 0.3 is 5.97 Å². The fourth-order valence-corrected chi connectivity index (χ4v) is 1.68. The smallest absolute Gasteiger partial charge is 0.303 e. The summed E-state index contributed by atoms with van der Waals surface area (Å²) in [4.78, 5) is 10.4.